The summed E-state index contributed by atoms with van der Waals surface area (Å²) in [5.41, 5.74) is 3.30. The molecule has 0 aliphatic rings. The van der Waals surface area contributed by atoms with Crippen LogP contribution >= 0.6 is 0 Å². The largest absolute Gasteiger partial charge is 0.488 e. The van der Waals surface area contributed by atoms with E-state index in [1.54, 1.807) is 53.2 Å². The van der Waals surface area contributed by atoms with Crippen molar-refractivity contribution in [3.63, 3.8) is 0 Å². The van der Waals surface area contributed by atoms with Crippen LogP contribution < -0.4 is 10.1 Å². The average Bonchev–Trinajstić information content (AvgIpc) is 3.28. The van der Waals surface area contributed by atoms with Crippen LogP contribution in [-0.4, -0.2) is 20.8 Å². The van der Waals surface area contributed by atoms with Gasteiger partial charge in [0.1, 0.15) is 23.9 Å². The fraction of sp³-hybridized carbons (Fsp3) is 0.208. The first-order valence-corrected chi connectivity index (χ1v) is 10.1. The summed E-state index contributed by atoms with van der Waals surface area (Å²) in [5, 5.41) is 11.1. The number of nitrogens with zero attached hydrogens (tertiary/aromatic N) is 3. The number of amides is 1. The van der Waals surface area contributed by atoms with Crippen LogP contribution in [0.5, 0.6) is 5.75 Å². The molecule has 0 aliphatic carbocycles. The van der Waals surface area contributed by atoms with Crippen LogP contribution in [0.4, 0.5) is 10.2 Å². The van der Waals surface area contributed by atoms with Gasteiger partial charge >= 0.3 is 0 Å². The number of para-hydroxylation sites is 1. The van der Waals surface area contributed by atoms with Crippen molar-refractivity contribution in [3.05, 3.63) is 94.3 Å². The second kappa shape index (κ2) is 9.05. The standard InChI is InChI=1S/C24H23FN4O3/c1-15-12-23(27-29(15)13-18-8-4-6-10-21(18)25)26-24(30)19-9-5-7-11-22(19)31-14-20-16(2)28-32-17(20)3/h4-12H,13-14H2,1-3H3,(H,26,27,30). The lowest BCUT2D eigenvalue weighted by Gasteiger charge is -2.11. The van der Waals surface area contributed by atoms with E-state index in [4.69, 9.17) is 9.26 Å². The molecule has 164 valence electrons. The Balaban J connectivity index is 1.48. The van der Waals surface area contributed by atoms with Crippen LogP contribution in [0.2, 0.25) is 0 Å². The minimum Gasteiger partial charge on any atom is -0.488 e. The normalized spacial score (nSPS) is 10.9. The summed E-state index contributed by atoms with van der Waals surface area (Å²) in [5.74, 6) is 0.851. The average molecular weight is 434 g/mol. The molecule has 8 heteroatoms. The molecule has 0 unspecified atom stereocenters. The number of benzene rings is 2. The third-order valence-corrected chi connectivity index (χ3v) is 5.19. The first kappa shape index (κ1) is 21.3. The van der Waals surface area contributed by atoms with Gasteiger partial charge in [-0.15, -0.1) is 0 Å². The van der Waals surface area contributed by atoms with Crippen molar-refractivity contribution in [2.24, 2.45) is 0 Å². The van der Waals surface area contributed by atoms with Crippen molar-refractivity contribution in [3.8, 4) is 5.75 Å². The maximum atomic E-state index is 14.0. The zero-order valence-corrected chi connectivity index (χ0v) is 18.1. The molecule has 1 N–H and O–H groups in total. The molecule has 2 aromatic heterocycles. The molecular weight excluding hydrogens is 411 g/mol. The van der Waals surface area contributed by atoms with Gasteiger partial charge in [0.25, 0.3) is 5.91 Å². The first-order valence-electron chi connectivity index (χ1n) is 10.1. The number of halogens is 1. The number of anilines is 1. The van der Waals surface area contributed by atoms with Crippen LogP contribution in [0.15, 0.2) is 59.1 Å². The number of aromatic nitrogens is 3. The van der Waals surface area contributed by atoms with Crippen LogP contribution in [0, 0.1) is 26.6 Å². The number of carbonyl (C=O) groups is 1. The van der Waals surface area contributed by atoms with Gasteiger partial charge in [-0.05, 0) is 39.0 Å². The van der Waals surface area contributed by atoms with Crippen LogP contribution in [0.3, 0.4) is 0 Å². The van der Waals surface area contributed by atoms with E-state index >= 15 is 0 Å². The smallest absolute Gasteiger partial charge is 0.260 e. The number of rotatable bonds is 7. The third kappa shape index (κ3) is 4.54. The number of ether oxygens (including phenoxy) is 1. The fourth-order valence-corrected chi connectivity index (χ4v) is 3.34. The zero-order chi connectivity index (χ0) is 22.7. The summed E-state index contributed by atoms with van der Waals surface area (Å²) in [6, 6.07) is 15.3. The summed E-state index contributed by atoms with van der Waals surface area (Å²) in [7, 11) is 0. The van der Waals surface area contributed by atoms with Gasteiger partial charge in [0.05, 0.1) is 23.4 Å². The lowest BCUT2D eigenvalue weighted by molar-refractivity contribution is 0.102. The van der Waals surface area contributed by atoms with Gasteiger partial charge < -0.3 is 14.6 Å². The monoisotopic (exact) mass is 434 g/mol. The predicted octanol–water partition coefficient (Wildman–Crippen LogP) is 4.82. The molecule has 0 fully saturated rings. The Kier molecular flexibility index (Phi) is 6.02. The van der Waals surface area contributed by atoms with E-state index in [2.05, 4.69) is 15.6 Å². The van der Waals surface area contributed by atoms with Gasteiger partial charge in [-0.3, -0.25) is 9.48 Å². The van der Waals surface area contributed by atoms with Gasteiger partial charge in [0, 0.05) is 17.3 Å². The van der Waals surface area contributed by atoms with Crippen LogP contribution in [0.1, 0.15) is 38.6 Å². The minimum absolute atomic E-state index is 0.238. The second-order valence-corrected chi connectivity index (χ2v) is 7.46. The first-order chi connectivity index (χ1) is 15.4. The molecule has 0 saturated heterocycles. The highest BCUT2D eigenvalue weighted by Crippen LogP contribution is 2.23. The van der Waals surface area contributed by atoms with Gasteiger partial charge in [-0.2, -0.15) is 5.10 Å². The Hall–Kier alpha value is -3.94. The second-order valence-electron chi connectivity index (χ2n) is 7.46. The molecule has 0 atom stereocenters. The molecule has 0 spiro atoms. The van der Waals surface area contributed by atoms with Crippen molar-refractivity contribution in [1.82, 2.24) is 14.9 Å². The summed E-state index contributed by atoms with van der Waals surface area (Å²) in [6.07, 6.45) is 0. The van der Waals surface area contributed by atoms with Crippen molar-refractivity contribution in [2.45, 2.75) is 33.9 Å². The quantitative estimate of drug-likeness (QED) is 0.451. The molecule has 2 heterocycles. The third-order valence-electron chi connectivity index (χ3n) is 5.19. The van der Waals surface area contributed by atoms with Crippen LogP contribution in [0.25, 0.3) is 0 Å². The van der Waals surface area contributed by atoms with Gasteiger partial charge in [0.15, 0.2) is 5.82 Å². The Bertz CT molecular complexity index is 1240. The highest BCUT2D eigenvalue weighted by atomic mass is 19.1. The van der Waals surface area contributed by atoms with Crippen molar-refractivity contribution in [2.75, 3.05) is 5.32 Å². The molecule has 1 amide bonds. The summed E-state index contributed by atoms with van der Waals surface area (Å²) in [6.45, 7) is 6.02. The maximum Gasteiger partial charge on any atom is 0.260 e. The SMILES string of the molecule is Cc1noc(C)c1COc1ccccc1C(=O)Nc1cc(C)n(Cc2ccccc2F)n1. The molecular formula is C24H23FN4O3. The summed E-state index contributed by atoms with van der Waals surface area (Å²) < 4.78 is 26.7. The van der Waals surface area contributed by atoms with E-state index in [1.165, 1.54) is 6.07 Å². The van der Waals surface area contributed by atoms with E-state index in [0.29, 0.717) is 28.5 Å². The summed E-state index contributed by atoms with van der Waals surface area (Å²) >= 11 is 0. The van der Waals surface area contributed by atoms with Gasteiger partial charge in [-0.1, -0.05) is 35.5 Å². The van der Waals surface area contributed by atoms with Crippen molar-refractivity contribution >= 4 is 11.7 Å². The van der Waals surface area contributed by atoms with Gasteiger partial charge in [-0.25, -0.2) is 4.39 Å². The van der Waals surface area contributed by atoms with Crippen molar-refractivity contribution < 1.29 is 18.4 Å². The molecule has 0 bridgehead atoms. The van der Waals surface area contributed by atoms with E-state index < -0.39 is 0 Å². The number of nitrogens with one attached hydrogen (secondary N) is 1. The molecule has 4 aromatic rings. The molecule has 7 nitrogen and oxygen atoms in total. The lowest BCUT2D eigenvalue weighted by atomic mass is 10.2. The molecule has 32 heavy (non-hydrogen) atoms. The molecule has 4 rings (SSSR count). The number of hydrogen-bond acceptors (Lipinski definition) is 5. The van der Waals surface area contributed by atoms with E-state index in [0.717, 1.165) is 17.0 Å². The van der Waals surface area contributed by atoms with Crippen molar-refractivity contribution in [1.29, 1.82) is 0 Å². The fourth-order valence-electron chi connectivity index (χ4n) is 3.34. The zero-order valence-electron chi connectivity index (χ0n) is 18.1. The van der Waals surface area contributed by atoms with Crippen LogP contribution in [-0.2, 0) is 13.2 Å². The highest BCUT2D eigenvalue weighted by molar-refractivity contribution is 6.05. The number of carbonyl (C=O) groups excluding carboxylic acids is 1. The minimum atomic E-state index is -0.352. The molecule has 0 radical (unpaired) electrons. The van der Waals surface area contributed by atoms with E-state index in [-0.39, 0.29) is 24.9 Å². The topological polar surface area (TPSA) is 82.2 Å². The van der Waals surface area contributed by atoms with E-state index in [9.17, 15) is 9.18 Å². The predicted molar refractivity (Wildman–Crippen MR) is 117 cm³/mol. The molecule has 0 saturated carbocycles. The molecule has 2 aromatic carbocycles. The Labute approximate surface area is 184 Å². The highest BCUT2D eigenvalue weighted by Gasteiger charge is 2.17. The Morgan fingerprint density at radius 2 is 1.88 bits per heavy atom. The lowest BCUT2D eigenvalue weighted by Crippen LogP contribution is -2.14. The van der Waals surface area contributed by atoms with E-state index in [1.807, 2.05) is 20.8 Å². The Morgan fingerprint density at radius 1 is 1.12 bits per heavy atom. The van der Waals surface area contributed by atoms with Gasteiger partial charge in [0.2, 0.25) is 0 Å². The summed E-state index contributed by atoms with van der Waals surface area (Å²) in [4.78, 5) is 12.9. The number of aryl methyl sites for hydroxylation is 3. The molecule has 0 aliphatic heterocycles. The maximum absolute atomic E-state index is 14.0. The number of hydrogen-bond donors (Lipinski definition) is 1. The Morgan fingerprint density at radius 3 is 2.62 bits per heavy atom.